The average molecular weight is 343 g/mol. The zero-order valence-corrected chi connectivity index (χ0v) is 12.7. The lowest BCUT2D eigenvalue weighted by atomic mass is 9.82. The molecule has 1 N–H and O–H groups in total. The van der Waals surface area contributed by atoms with E-state index < -0.39 is 0 Å². The second-order valence-electron chi connectivity index (χ2n) is 5.40. The van der Waals surface area contributed by atoms with Crippen molar-refractivity contribution < 1.29 is 0 Å². The highest BCUT2D eigenvalue weighted by molar-refractivity contribution is 14.1. The SMILES string of the molecule is CC1CCCC(CNCc2ccc(I)cc2)C1. The van der Waals surface area contributed by atoms with Crippen LogP contribution in [-0.2, 0) is 6.54 Å². The minimum atomic E-state index is 0.905. The van der Waals surface area contributed by atoms with Crippen molar-refractivity contribution in [3.05, 3.63) is 33.4 Å². The lowest BCUT2D eigenvalue weighted by Gasteiger charge is -2.26. The third kappa shape index (κ3) is 4.59. The van der Waals surface area contributed by atoms with Crippen LogP contribution in [0.15, 0.2) is 24.3 Å². The number of rotatable bonds is 4. The molecule has 2 atom stereocenters. The van der Waals surface area contributed by atoms with E-state index in [-0.39, 0.29) is 0 Å². The predicted molar refractivity (Wildman–Crippen MR) is 82.0 cm³/mol. The Morgan fingerprint density at radius 1 is 1.24 bits per heavy atom. The van der Waals surface area contributed by atoms with Gasteiger partial charge in [-0.05, 0) is 71.5 Å². The van der Waals surface area contributed by atoms with Gasteiger partial charge in [-0.3, -0.25) is 0 Å². The Bertz CT molecular complexity index is 333. The highest BCUT2D eigenvalue weighted by Crippen LogP contribution is 2.27. The largest absolute Gasteiger partial charge is 0.312 e. The minimum absolute atomic E-state index is 0.905. The molecule has 94 valence electrons. The van der Waals surface area contributed by atoms with Crippen LogP contribution in [0.25, 0.3) is 0 Å². The maximum absolute atomic E-state index is 3.61. The molecular weight excluding hydrogens is 321 g/mol. The highest BCUT2D eigenvalue weighted by atomic mass is 127. The molecule has 2 heteroatoms. The zero-order chi connectivity index (χ0) is 12.1. The lowest BCUT2D eigenvalue weighted by Crippen LogP contribution is -2.26. The molecular formula is C15H22IN. The number of hydrogen-bond acceptors (Lipinski definition) is 1. The normalized spacial score (nSPS) is 24.8. The number of benzene rings is 1. The van der Waals surface area contributed by atoms with Gasteiger partial charge >= 0.3 is 0 Å². The van der Waals surface area contributed by atoms with E-state index in [1.54, 1.807) is 0 Å². The van der Waals surface area contributed by atoms with Gasteiger partial charge in [0.15, 0.2) is 0 Å². The molecule has 0 aromatic heterocycles. The van der Waals surface area contributed by atoms with E-state index in [1.807, 2.05) is 0 Å². The molecule has 0 saturated heterocycles. The summed E-state index contributed by atoms with van der Waals surface area (Å²) in [5.74, 6) is 1.84. The average Bonchev–Trinajstić information content (AvgIpc) is 2.32. The maximum atomic E-state index is 3.61. The molecule has 1 nitrogen and oxygen atoms in total. The van der Waals surface area contributed by atoms with Crippen LogP contribution in [-0.4, -0.2) is 6.54 Å². The molecule has 0 radical (unpaired) electrons. The van der Waals surface area contributed by atoms with Crippen molar-refractivity contribution in [2.45, 2.75) is 39.2 Å². The third-order valence-electron chi connectivity index (χ3n) is 3.72. The van der Waals surface area contributed by atoms with E-state index in [9.17, 15) is 0 Å². The monoisotopic (exact) mass is 343 g/mol. The zero-order valence-electron chi connectivity index (χ0n) is 10.6. The number of halogens is 1. The van der Waals surface area contributed by atoms with Gasteiger partial charge in [-0.1, -0.05) is 31.9 Å². The molecule has 0 bridgehead atoms. The molecule has 1 saturated carbocycles. The van der Waals surface area contributed by atoms with E-state index in [1.165, 1.54) is 41.4 Å². The van der Waals surface area contributed by atoms with Gasteiger partial charge in [0.2, 0.25) is 0 Å². The summed E-state index contributed by atoms with van der Waals surface area (Å²) >= 11 is 2.35. The number of nitrogens with one attached hydrogen (secondary N) is 1. The van der Waals surface area contributed by atoms with Crippen LogP contribution in [0.1, 0.15) is 38.2 Å². The van der Waals surface area contributed by atoms with Crippen molar-refractivity contribution in [1.29, 1.82) is 0 Å². The van der Waals surface area contributed by atoms with Gasteiger partial charge in [0, 0.05) is 10.1 Å². The van der Waals surface area contributed by atoms with Crippen molar-refractivity contribution in [2.75, 3.05) is 6.54 Å². The summed E-state index contributed by atoms with van der Waals surface area (Å²) in [5, 5.41) is 3.61. The molecule has 0 heterocycles. The molecule has 2 unspecified atom stereocenters. The standard InChI is InChI=1S/C15H22IN/c1-12-3-2-4-14(9-12)11-17-10-13-5-7-15(16)8-6-13/h5-8,12,14,17H,2-4,9-11H2,1H3. The van der Waals surface area contributed by atoms with E-state index in [4.69, 9.17) is 0 Å². The summed E-state index contributed by atoms with van der Waals surface area (Å²) in [5.41, 5.74) is 1.40. The van der Waals surface area contributed by atoms with Crippen molar-refractivity contribution in [3.8, 4) is 0 Å². The van der Waals surface area contributed by atoms with Gasteiger partial charge in [-0.15, -0.1) is 0 Å². The fraction of sp³-hybridized carbons (Fsp3) is 0.600. The van der Waals surface area contributed by atoms with Crippen molar-refractivity contribution in [2.24, 2.45) is 11.8 Å². The summed E-state index contributed by atoms with van der Waals surface area (Å²) in [6.07, 6.45) is 5.70. The van der Waals surface area contributed by atoms with Crippen LogP contribution < -0.4 is 5.32 Å². The highest BCUT2D eigenvalue weighted by Gasteiger charge is 2.17. The molecule has 1 aromatic rings. The fourth-order valence-electron chi connectivity index (χ4n) is 2.77. The van der Waals surface area contributed by atoms with Crippen molar-refractivity contribution in [1.82, 2.24) is 5.32 Å². The molecule has 1 fully saturated rings. The van der Waals surface area contributed by atoms with Gasteiger partial charge < -0.3 is 5.32 Å². The lowest BCUT2D eigenvalue weighted by molar-refractivity contribution is 0.274. The first-order valence-corrected chi connectivity index (χ1v) is 7.77. The van der Waals surface area contributed by atoms with Crippen molar-refractivity contribution in [3.63, 3.8) is 0 Å². The molecule has 1 aromatic carbocycles. The van der Waals surface area contributed by atoms with Crippen LogP contribution in [0.2, 0.25) is 0 Å². The molecule has 0 amide bonds. The van der Waals surface area contributed by atoms with Crippen LogP contribution in [0.4, 0.5) is 0 Å². The second kappa shape index (κ2) is 6.74. The molecule has 0 spiro atoms. The van der Waals surface area contributed by atoms with Gasteiger partial charge in [-0.25, -0.2) is 0 Å². The summed E-state index contributed by atoms with van der Waals surface area (Å²) in [4.78, 5) is 0. The van der Waals surface area contributed by atoms with E-state index >= 15 is 0 Å². The van der Waals surface area contributed by atoms with Crippen LogP contribution >= 0.6 is 22.6 Å². The second-order valence-corrected chi connectivity index (χ2v) is 6.64. The quantitative estimate of drug-likeness (QED) is 0.808. The van der Waals surface area contributed by atoms with E-state index in [0.29, 0.717) is 0 Å². The Labute approximate surface area is 119 Å². The van der Waals surface area contributed by atoms with Crippen LogP contribution in [0.3, 0.4) is 0 Å². The van der Waals surface area contributed by atoms with Gasteiger partial charge in [0.25, 0.3) is 0 Å². The number of hydrogen-bond donors (Lipinski definition) is 1. The Morgan fingerprint density at radius 2 is 2.00 bits per heavy atom. The minimum Gasteiger partial charge on any atom is -0.312 e. The van der Waals surface area contributed by atoms with Crippen LogP contribution in [0, 0.1) is 15.4 Å². The molecule has 1 aliphatic rings. The first-order chi connectivity index (χ1) is 8.24. The smallest absolute Gasteiger partial charge is 0.0205 e. The first kappa shape index (κ1) is 13.3. The van der Waals surface area contributed by atoms with Crippen LogP contribution in [0.5, 0.6) is 0 Å². The molecule has 17 heavy (non-hydrogen) atoms. The van der Waals surface area contributed by atoms with Crippen molar-refractivity contribution >= 4 is 22.6 Å². The molecule has 2 rings (SSSR count). The fourth-order valence-corrected chi connectivity index (χ4v) is 3.13. The van der Waals surface area contributed by atoms with E-state index in [2.05, 4.69) is 59.1 Å². The van der Waals surface area contributed by atoms with E-state index in [0.717, 1.165) is 18.4 Å². The maximum Gasteiger partial charge on any atom is 0.0205 e. The topological polar surface area (TPSA) is 12.0 Å². The third-order valence-corrected chi connectivity index (χ3v) is 4.44. The Kier molecular flexibility index (Phi) is 5.29. The summed E-state index contributed by atoms with van der Waals surface area (Å²) in [6, 6.07) is 8.80. The van der Waals surface area contributed by atoms with Gasteiger partial charge in [0.05, 0.1) is 0 Å². The Morgan fingerprint density at radius 3 is 2.71 bits per heavy atom. The first-order valence-electron chi connectivity index (χ1n) is 6.69. The summed E-state index contributed by atoms with van der Waals surface area (Å²) < 4.78 is 1.31. The molecule has 1 aliphatic carbocycles. The Balaban J connectivity index is 1.70. The summed E-state index contributed by atoms with van der Waals surface area (Å²) in [7, 11) is 0. The summed E-state index contributed by atoms with van der Waals surface area (Å²) in [6.45, 7) is 4.60. The Hall–Kier alpha value is -0.0900. The predicted octanol–water partition coefficient (Wildman–Crippen LogP) is 4.21. The van der Waals surface area contributed by atoms with Gasteiger partial charge in [0.1, 0.15) is 0 Å². The molecule has 0 aliphatic heterocycles. The van der Waals surface area contributed by atoms with Gasteiger partial charge in [-0.2, -0.15) is 0 Å².